The number of hydrogen-bond donors (Lipinski definition) is 1. The van der Waals surface area contributed by atoms with Crippen molar-refractivity contribution >= 4 is 40.8 Å². The topological polar surface area (TPSA) is 81.7 Å². The Morgan fingerprint density at radius 2 is 2.03 bits per heavy atom. The van der Waals surface area contributed by atoms with E-state index in [9.17, 15) is 14.4 Å². The van der Waals surface area contributed by atoms with Crippen molar-refractivity contribution in [2.45, 2.75) is 40.0 Å². The van der Waals surface area contributed by atoms with Crippen molar-refractivity contribution in [1.29, 1.82) is 0 Å². The first-order chi connectivity index (χ1) is 14.8. The Morgan fingerprint density at radius 1 is 1.29 bits per heavy atom. The predicted molar refractivity (Wildman–Crippen MR) is 123 cm³/mol. The first kappa shape index (κ1) is 23.6. The van der Waals surface area contributed by atoms with Gasteiger partial charge in [0.1, 0.15) is 12.5 Å². The van der Waals surface area contributed by atoms with E-state index in [1.54, 1.807) is 23.1 Å². The molecule has 31 heavy (non-hydrogen) atoms. The number of thioether (sulfide) groups is 1. The minimum atomic E-state index is -0.870. The van der Waals surface area contributed by atoms with Gasteiger partial charge in [-0.25, -0.2) is 4.79 Å². The zero-order chi connectivity index (χ0) is 22.7. The normalized spacial score (nSPS) is 23.4. The molecule has 1 aliphatic heterocycles. The zero-order valence-corrected chi connectivity index (χ0v) is 20.2. The molecule has 8 heteroatoms. The van der Waals surface area contributed by atoms with E-state index < -0.39 is 23.8 Å². The molecule has 0 radical (unpaired) electrons. The molecule has 1 aromatic rings. The monoisotopic (exact) mass is 463 g/mol. The Kier molecular flexibility index (Phi) is 7.64. The number of allylic oxidation sites excluding steroid dienone is 3. The number of nitrogens with one attached hydrogen (secondary N) is 1. The molecule has 2 aliphatic rings. The van der Waals surface area contributed by atoms with Gasteiger partial charge in [-0.2, -0.15) is 11.8 Å². The third-order valence-corrected chi connectivity index (χ3v) is 7.60. The van der Waals surface area contributed by atoms with Crippen LogP contribution in [0.4, 0.5) is 0 Å². The van der Waals surface area contributed by atoms with Crippen LogP contribution in [0, 0.1) is 18.8 Å². The van der Waals surface area contributed by atoms with Crippen molar-refractivity contribution in [1.82, 2.24) is 5.32 Å². The highest BCUT2D eigenvalue weighted by Crippen LogP contribution is 2.46. The van der Waals surface area contributed by atoms with Gasteiger partial charge in [-0.3, -0.25) is 9.59 Å². The molecule has 0 bridgehead atoms. The van der Waals surface area contributed by atoms with Crippen LogP contribution in [0.2, 0.25) is 0 Å². The van der Waals surface area contributed by atoms with Gasteiger partial charge in [0.05, 0.1) is 18.6 Å². The maximum Gasteiger partial charge on any atom is 0.336 e. The van der Waals surface area contributed by atoms with E-state index in [0.717, 1.165) is 27.0 Å². The van der Waals surface area contributed by atoms with Crippen molar-refractivity contribution in [3.63, 3.8) is 0 Å². The number of dihydropyridines is 1. The molecule has 0 saturated carbocycles. The molecule has 6 nitrogen and oxygen atoms in total. The summed E-state index contributed by atoms with van der Waals surface area (Å²) in [5.74, 6) is -1.16. The van der Waals surface area contributed by atoms with E-state index in [1.165, 1.54) is 7.11 Å². The molecular weight excluding hydrogens is 434 g/mol. The maximum atomic E-state index is 13.6. The van der Waals surface area contributed by atoms with Gasteiger partial charge in [-0.15, -0.1) is 11.3 Å². The van der Waals surface area contributed by atoms with E-state index in [1.807, 2.05) is 32.9 Å². The summed E-state index contributed by atoms with van der Waals surface area (Å²) in [4.78, 5) is 41.1. The van der Waals surface area contributed by atoms with Crippen LogP contribution in [-0.2, 0) is 23.9 Å². The lowest BCUT2D eigenvalue weighted by molar-refractivity contribution is -0.151. The van der Waals surface area contributed by atoms with E-state index in [2.05, 4.69) is 12.2 Å². The van der Waals surface area contributed by atoms with Gasteiger partial charge in [0.15, 0.2) is 5.78 Å². The standard InChI is InChI=1S/C23H29NO5S2/c1-6-30-10-9-29-23(27)18-14(4)24-15-11-12(2)17(22(26)28-5)21(25)19(15)20(18)16-8-7-13(3)31-16/h7-8,12,17,20,24H,6,9-11H2,1-5H3/t12-,17+,20-/m1/s1. The quantitative estimate of drug-likeness (QED) is 0.372. The van der Waals surface area contributed by atoms with Gasteiger partial charge in [0.2, 0.25) is 0 Å². The van der Waals surface area contributed by atoms with Gasteiger partial charge in [0.25, 0.3) is 0 Å². The molecule has 1 aromatic heterocycles. The van der Waals surface area contributed by atoms with Crippen LogP contribution in [-0.4, -0.2) is 42.9 Å². The van der Waals surface area contributed by atoms with Crippen molar-refractivity contribution < 1.29 is 23.9 Å². The third-order valence-electron chi connectivity index (χ3n) is 5.67. The first-order valence-corrected chi connectivity index (χ1v) is 12.4. The van der Waals surface area contributed by atoms with Crippen LogP contribution in [0.25, 0.3) is 0 Å². The molecule has 3 atom stereocenters. The second-order valence-corrected chi connectivity index (χ2v) is 10.5. The van der Waals surface area contributed by atoms with E-state index in [0.29, 0.717) is 29.9 Å². The Morgan fingerprint density at radius 3 is 2.65 bits per heavy atom. The number of esters is 2. The third kappa shape index (κ3) is 4.75. The lowest BCUT2D eigenvalue weighted by Gasteiger charge is -2.37. The highest BCUT2D eigenvalue weighted by atomic mass is 32.2. The molecule has 0 aromatic carbocycles. The molecule has 168 valence electrons. The number of methoxy groups -OCH3 is 1. The average molecular weight is 464 g/mol. The molecule has 0 amide bonds. The van der Waals surface area contributed by atoms with Crippen LogP contribution >= 0.6 is 23.1 Å². The fourth-order valence-corrected chi connectivity index (χ4v) is 5.75. The Labute approximate surface area is 191 Å². The van der Waals surface area contributed by atoms with Crippen molar-refractivity contribution in [2.24, 2.45) is 11.8 Å². The Hall–Kier alpha value is -2.06. The van der Waals surface area contributed by atoms with Gasteiger partial charge < -0.3 is 14.8 Å². The lowest BCUT2D eigenvalue weighted by Crippen LogP contribution is -2.43. The summed E-state index contributed by atoms with van der Waals surface area (Å²) in [5.41, 5.74) is 2.40. The van der Waals surface area contributed by atoms with Crippen LogP contribution < -0.4 is 5.32 Å². The van der Waals surface area contributed by atoms with Gasteiger partial charge in [-0.05, 0) is 44.1 Å². The number of hydrogen-bond acceptors (Lipinski definition) is 8. The summed E-state index contributed by atoms with van der Waals surface area (Å²) >= 11 is 3.25. The van der Waals surface area contributed by atoms with Gasteiger partial charge >= 0.3 is 11.9 Å². The minimum Gasteiger partial charge on any atom is -0.468 e. The fourth-order valence-electron chi connectivity index (χ4n) is 4.26. The number of rotatable bonds is 7. The molecule has 0 spiro atoms. The number of carbonyl (C=O) groups is 3. The number of thiophene rings is 1. The largest absolute Gasteiger partial charge is 0.468 e. The van der Waals surface area contributed by atoms with Gasteiger partial charge in [-0.1, -0.05) is 13.8 Å². The summed E-state index contributed by atoms with van der Waals surface area (Å²) in [6.07, 6.45) is 0.536. The number of aryl methyl sites for hydroxylation is 1. The average Bonchev–Trinajstić information content (AvgIpc) is 3.15. The molecule has 3 rings (SSSR count). The zero-order valence-electron chi connectivity index (χ0n) is 18.6. The lowest BCUT2D eigenvalue weighted by atomic mass is 9.70. The highest BCUT2D eigenvalue weighted by Gasteiger charge is 2.47. The fraction of sp³-hybridized carbons (Fsp3) is 0.522. The van der Waals surface area contributed by atoms with Crippen LogP contribution in [0.5, 0.6) is 0 Å². The highest BCUT2D eigenvalue weighted by molar-refractivity contribution is 7.99. The second kappa shape index (κ2) is 10.0. The molecule has 0 unspecified atom stereocenters. The number of Topliss-reactive ketones (excluding diaryl/α,β-unsaturated/α-hetero) is 1. The van der Waals surface area contributed by atoms with Crippen molar-refractivity contribution in [2.75, 3.05) is 25.2 Å². The molecule has 1 aliphatic carbocycles. The van der Waals surface area contributed by atoms with E-state index in [4.69, 9.17) is 9.47 Å². The summed E-state index contributed by atoms with van der Waals surface area (Å²) in [7, 11) is 1.30. The first-order valence-electron chi connectivity index (χ1n) is 10.4. The van der Waals surface area contributed by atoms with Crippen molar-refractivity contribution in [3.8, 4) is 0 Å². The molecule has 1 N–H and O–H groups in total. The molecule has 0 fully saturated rings. The summed E-state index contributed by atoms with van der Waals surface area (Å²) in [6.45, 7) is 8.08. The SMILES string of the molecule is CCSCCOC(=O)C1=C(C)NC2=C(C(=O)[C@@H](C(=O)OC)[C@H](C)C2)[C@@H]1c1ccc(C)s1. The van der Waals surface area contributed by atoms with Crippen LogP contribution in [0.15, 0.2) is 34.7 Å². The summed E-state index contributed by atoms with van der Waals surface area (Å²) in [6, 6.07) is 3.93. The Balaban J connectivity index is 2.03. The number of ether oxygens (including phenoxy) is 2. The summed E-state index contributed by atoms with van der Waals surface area (Å²) < 4.78 is 10.5. The minimum absolute atomic E-state index is 0.190. The maximum absolute atomic E-state index is 13.6. The van der Waals surface area contributed by atoms with Crippen LogP contribution in [0.1, 0.15) is 42.9 Å². The predicted octanol–water partition coefficient (Wildman–Crippen LogP) is 3.97. The van der Waals surface area contributed by atoms with Crippen LogP contribution in [0.3, 0.4) is 0 Å². The van der Waals surface area contributed by atoms with E-state index in [-0.39, 0.29) is 11.7 Å². The van der Waals surface area contributed by atoms with Gasteiger partial charge in [0, 0.05) is 32.5 Å². The second-order valence-electron chi connectivity index (χ2n) is 7.82. The molecule has 2 heterocycles. The molecular formula is C23H29NO5S2. The molecule has 0 saturated heterocycles. The summed E-state index contributed by atoms with van der Waals surface area (Å²) in [5, 5.41) is 3.28. The smallest absolute Gasteiger partial charge is 0.336 e. The van der Waals surface area contributed by atoms with E-state index >= 15 is 0 Å². The Bertz CT molecular complexity index is 946. The van der Waals surface area contributed by atoms with Crippen molar-refractivity contribution in [3.05, 3.63) is 44.4 Å². The number of ketones is 1. The number of carbonyl (C=O) groups excluding carboxylic acids is 3.